The summed E-state index contributed by atoms with van der Waals surface area (Å²) in [6.45, 7) is 1.63. The Hall–Kier alpha value is -1.33. The molecule has 0 heterocycles. The second-order valence-corrected chi connectivity index (χ2v) is 3.63. The van der Waals surface area contributed by atoms with E-state index in [1.807, 2.05) is 12.1 Å². The quantitative estimate of drug-likeness (QED) is 0.565. The number of nitriles is 1. The molecule has 0 aliphatic carbocycles. The van der Waals surface area contributed by atoms with Gasteiger partial charge in [-0.3, -0.25) is 4.79 Å². The highest BCUT2D eigenvalue weighted by atomic mass is 35.5. The van der Waals surface area contributed by atoms with E-state index in [4.69, 9.17) is 16.9 Å². The molecular formula is C11H10ClNO. The Bertz CT molecular complexity index is 379. The summed E-state index contributed by atoms with van der Waals surface area (Å²) in [7, 11) is 0. The summed E-state index contributed by atoms with van der Waals surface area (Å²) in [5.74, 6) is -0.127. The molecule has 14 heavy (non-hydrogen) atoms. The Labute approximate surface area is 88.1 Å². The van der Waals surface area contributed by atoms with Gasteiger partial charge < -0.3 is 0 Å². The van der Waals surface area contributed by atoms with Crippen LogP contribution in [0, 0.1) is 11.3 Å². The second-order valence-electron chi connectivity index (χ2n) is 2.97. The number of hydrogen-bond donors (Lipinski definition) is 0. The van der Waals surface area contributed by atoms with Crippen molar-refractivity contribution in [2.75, 3.05) is 0 Å². The summed E-state index contributed by atoms with van der Waals surface area (Å²) in [5.41, 5.74) is 1.30. The Morgan fingerprint density at radius 1 is 1.57 bits per heavy atom. The maximum Gasteiger partial charge on any atom is 0.180 e. The van der Waals surface area contributed by atoms with Crippen LogP contribution in [-0.2, 0) is 6.42 Å². The van der Waals surface area contributed by atoms with Crippen molar-refractivity contribution < 1.29 is 4.79 Å². The Kier molecular flexibility index (Phi) is 3.67. The van der Waals surface area contributed by atoms with Gasteiger partial charge in [-0.15, -0.1) is 11.6 Å². The van der Waals surface area contributed by atoms with E-state index in [0.29, 0.717) is 5.56 Å². The molecule has 1 atom stereocenters. The van der Waals surface area contributed by atoms with Gasteiger partial charge in [-0.2, -0.15) is 5.26 Å². The SMILES string of the molecule is CC(Cl)C(=O)c1ccccc1CC#N. The summed E-state index contributed by atoms with van der Waals surface area (Å²) in [5, 5.41) is 8.02. The van der Waals surface area contributed by atoms with Crippen LogP contribution in [0.1, 0.15) is 22.8 Å². The van der Waals surface area contributed by atoms with Gasteiger partial charge in [0, 0.05) is 5.56 Å². The van der Waals surface area contributed by atoms with E-state index in [1.54, 1.807) is 25.1 Å². The standard InChI is InChI=1S/C11H10ClNO/c1-8(12)11(14)10-5-3-2-4-9(10)6-7-13/h2-5,8H,6H2,1H3. The van der Waals surface area contributed by atoms with Gasteiger partial charge in [0.1, 0.15) is 0 Å². The Balaban J connectivity index is 3.08. The van der Waals surface area contributed by atoms with Crippen molar-refractivity contribution in [1.29, 1.82) is 5.26 Å². The van der Waals surface area contributed by atoms with Gasteiger partial charge in [0.25, 0.3) is 0 Å². The zero-order valence-electron chi connectivity index (χ0n) is 7.83. The molecule has 0 N–H and O–H groups in total. The average molecular weight is 208 g/mol. The van der Waals surface area contributed by atoms with E-state index in [-0.39, 0.29) is 12.2 Å². The molecule has 0 aliphatic heterocycles. The number of Topliss-reactive ketones (excluding diaryl/α,β-unsaturated/α-hetero) is 1. The summed E-state index contributed by atoms with van der Waals surface area (Å²) in [6, 6.07) is 9.08. The lowest BCUT2D eigenvalue weighted by Gasteiger charge is -2.06. The zero-order chi connectivity index (χ0) is 10.6. The molecule has 0 amide bonds. The molecule has 0 spiro atoms. The number of halogens is 1. The van der Waals surface area contributed by atoms with Crippen LogP contribution in [0.2, 0.25) is 0 Å². The maximum absolute atomic E-state index is 11.6. The fraction of sp³-hybridized carbons (Fsp3) is 0.273. The van der Waals surface area contributed by atoms with Gasteiger partial charge in [-0.1, -0.05) is 24.3 Å². The Morgan fingerprint density at radius 2 is 2.21 bits per heavy atom. The second kappa shape index (κ2) is 4.78. The van der Waals surface area contributed by atoms with E-state index in [1.165, 1.54) is 0 Å². The smallest absolute Gasteiger partial charge is 0.180 e. The first-order valence-electron chi connectivity index (χ1n) is 4.30. The van der Waals surface area contributed by atoms with Crippen LogP contribution in [0.3, 0.4) is 0 Å². The molecule has 0 saturated carbocycles. The maximum atomic E-state index is 11.6. The van der Waals surface area contributed by atoms with E-state index in [9.17, 15) is 4.79 Å². The summed E-state index contributed by atoms with van der Waals surface area (Å²) >= 11 is 5.70. The van der Waals surface area contributed by atoms with Crippen molar-refractivity contribution in [2.45, 2.75) is 18.7 Å². The third kappa shape index (κ3) is 2.34. The molecule has 0 bridgehead atoms. The van der Waals surface area contributed by atoms with Crippen LogP contribution in [-0.4, -0.2) is 11.2 Å². The lowest BCUT2D eigenvalue weighted by molar-refractivity contribution is 0.0991. The van der Waals surface area contributed by atoms with Gasteiger partial charge in [-0.05, 0) is 12.5 Å². The van der Waals surface area contributed by atoms with Crippen molar-refractivity contribution in [3.8, 4) is 6.07 Å². The van der Waals surface area contributed by atoms with Crippen LogP contribution in [0.5, 0.6) is 0 Å². The molecule has 0 aromatic heterocycles. The average Bonchev–Trinajstić information content (AvgIpc) is 2.18. The molecule has 3 heteroatoms. The summed E-state index contributed by atoms with van der Waals surface area (Å²) in [6.07, 6.45) is 0.242. The van der Waals surface area contributed by atoms with Crippen LogP contribution >= 0.6 is 11.6 Å². The first kappa shape index (κ1) is 10.7. The first-order valence-corrected chi connectivity index (χ1v) is 4.73. The molecule has 1 aromatic carbocycles. The first-order chi connectivity index (χ1) is 6.66. The molecule has 1 rings (SSSR count). The molecule has 0 fully saturated rings. The molecule has 0 saturated heterocycles. The van der Waals surface area contributed by atoms with Gasteiger partial charge in [-0.25, -0.2) is 0 Å². The number of carbonyl (C=O) groups is 1. The number of benzene rings is 1. The van der Waals surface area contributed by atoms with Gasteiger partial charge in [0.15, 0.2) is 5.78 Å². The predicted octanol–water partition coefficient (Wildman–Crippen LogP) is 2.56. The number of ketones is 1. The van der Waals surface area contributed by atoms with E-state index in [0.717, 1.165) is 5.56 Å². The molecular weight excluding hydrogens is 198 g/mol. The van der Waals surface area contributed by atoms with Gasteiger partial charge in [0.2, 0.25) is 0 Å². The lowest BCUT2D eigenvalue weighted by atomic mass is 10.0. The largest absolute Gasteiger partial charge is 0.293 e. The van der Waals surface area contributed by atoms with Gasteiger partial charge >= 0.3 is 0 Å². The van der Waals surface area contributed by atoms with Crippen molar-refractivity contribution >= 4 is 17.4 Å². The normalized spacial score (nSPS) is 11.8. The van der Waals surface area contributed by atoms with E-state index >= 15 is 0 Å². The minimum absolute atomic E-state index is 0.127. The molecule has 1 unspecified atom stereocenters. The van der Waals surface area contributed by atoms with Crippen LogP contribution < -0.4 is 0 Å². The molecule has 0 radical (unpaired) electrons. The highest BCUT2D eigenvalue weighted by molar-refractivity contribution is 6.33. The fourth-order valence-electron chi connectivity index (χ4n) is 1.21. The van der Waals surface area contributed by atoms with Crippen molar-refractivity contribution in [1.82, 2.24) is 0 Å². The summed E-state index contributed by atoms with van der Waals surface area (Å²) < 4.78 is 0. The van der Waals surface area contributed by atoms with Crippen LogP contribution in [0.4, 0.5) is 0 Å². The monoisotopic (exact) mass is 207 g/mol. The van der Waals surface area contributed by atoms with Crippen molar-refractivity contribution in [3.05, 3.63) is 35.4 Å². The predicted molar refractivity (Wildman–Crippen MR) is 55.4 cm³/mol. The van der Waals surface area contributed by atoms with Crippen LogP contribution in [0.15, 0.2) is 24.3 Å². The molecule has 0 aliphatic rings. The minimum Gasteiger partial charge on any atom is -0.293 e. The van der Waals surface area contributed by atoms with Crippen LogP contribution in [0.25, 0.3) is 0 Å². The number of nitrogens with zero attached hydrogens (tertiary/aromatic N) is 1. The third-order valence-electron chi connectivity index (χ3n) is 1.91. The van der Waals surface area contributed by atoms with Gasteiger partial charge in [0.05, 0.1) is 17.9 Å². The highest BCUT2D eigenvalue weighted by Gasteiger charge is 2.15. The number of carbonyl (C=O) groups excluding carboxylic acids is 1. The molecule has 72 valence electrons. The zero-order valence-corrected chi connectivity index (χ0v) is 8.58. The number of rotatable bonds is 3. The molecule has 1 aromatic rings. The Morgan fingerprint density at radius 3 is 2.79 bits per heavy atom. The topological polar surface area (TPSA) is 40.9 Å². The van der Waals surface area contributed by atoms with E-state index in [2.05, 4.69) is 0 Å². The number of hydrogen-bond acceptors (Lipinski definition) is 2. The van der Waals surface area contributed by atoms with E-state index < -0.39 is 5.38 Å². The fourth-order valence-corrected chi connectivity index (χ4v) is 1.33. The van der Waals surface area contributed by atoms with Crippen molar-refractivity contribution in [2.24, 2.45) is 0 Å². The highest BCUT2D eigenvalue weighted by Crippen LogP contribution is 2.14. The number of alkyl halides is 1. The van der Waals surface area contributed by atoms with Crippen molar-refractivity contribution in [3.63, 3.8) is 0 Å². The third-order valence-corrected chi connectivity index (χ3v) is 2.11. The minimum atomic E-state index is -0.546. The molecule has 2 nitrogen and oxygen atoms in total. The lowest BCUT2D eigenvalue weighted by Crippen LogP contribution is -2.12. The summed E-state index contributed by atoms with van der Waals surface area (Å²) in [4.78, 5) is 11.6.